The third-order valence-corrected chi connectivity index (χ3v) is 6.69. The average molecular weight is 423 g/mol. The van der Waals surface area contributed by atoms with Crippen molar-refractivity contribution in [3.05, 3.63) is 69.9 Å². The molecule has 1 unspecified atom stereocenters. The summed E-state index contributed by atoms with van der Waals surface area (Å²) in [5.41, 5.74) is 1.79. The van der Waals surface area contributed by atoms with Crippen LogP contribution in [0.5, 0.6) is 0 Å². The summed E-state index contributed by atoms with van der Waals surface area (Å²) in [5.74, 6) is -1.41. The van der Waals surface area contributed by atoms with Gasteiger partial charge in [-0.3, -0.25) is 0 Å². The Morgan fingerprint density at radius 3 is 2.60 bits per heavy atom. The molecule has 0 saturated carbocycles. The Hall–Kier alpha value is -2.92. The summed E-state index contributed by atoms with van der Waals surface area (Å²) in [5, 5.41) is 22.5. The summed E-state index contributed by atoms with van der Waals surface area (Å²) in [7, 11) is 0. The predicted octanol–water partition coefficient (Wildman–Crippen LogP) is 4.50. The van der Waals surface area contributed by atoms with Crippen LogP contribution in [0.15, 0.2) is 42.5 Å². The van der Waals surface area contributed by atoms with Gasteiger partial charge in [0.1, 0.15) is 4.88 Å². The monoisotopic (exact) mass is 422 g/mol. The first-order valence-corrected chi connectivity index (χ1v) is 10.7. The summed E-state index contributed by atoms with van der Waals surface area (Å²) in [6, 6.07) is 14.0. The van der Waals surface area contributed by atoms with Gasteiger partial charge in [0.15, 0.2) is 0 Å². The molecule has 0 radical (unpaired) electrons. The molecule has 1 aliphatic rings. The number of aliphatic hydroxyl groups excluding tert-OH is 1. The highest BCUT2D eigenvalue weighted by molar-refractivity contribution is 7.18. The summed E-state index contributed by atoms with van der Waals surface area (Å²) in [6.07, 6.45) is 0.348. The van der Waals surface area contributed by atoms with Gasteiger partial charge < -0.3 is 19.8 Å². The molecule has 6 nitrogen and oxygen atoms in total. The van der Waals surface area contributed by atoms with E-state index in [0.29, 0.717) is 49.0 Å². The van der Waals surface area contributed by atoms with E-state index in [2.05, 4.69) is 4.85 Å². The van der Waals surface area contributed by atoms with Crippen LogP contribution in [-0.2, 0) is 4.74 Å². The van der Waals surface area contributed by atoms with Crippen LogP contribution in [0.25, 0.3) is 15.6 Å². The number of morpholine rings is 1. The highest BCUT2D eigenvalue weighted by Crippen LogP contribution is 2.49. The van der Waals surface area contributed by atoms with Crippen molar-refractivity contribution >= 4 is 38.8 Å². The smallest absolute Gasteiger partial charge is 0.344 e. The number of anilines is 1. The van der Waals surface area contributed by atoms with Crippen LogP contribution in [0.1, 0.15) is 33.1 Å². The molecule has 2 N–H and O–H groups in total. The van der Waals surface area contributed by atoms with Crippen LogP contribution >= 0.6 is 11.3 Å². The zero-order valence-corrected chi connectivity index (χ0v) is 17.2. The maximum Gasteiger partial charge on any atom is 0.344 e. The molecule has 7 heteroatoms. The first-order chi connectivity index (χ1) is 14.6. The summed E-state index contributed by atoms with van der Waals surface area (Å²) >= 11 is 1.15. The molecule has 154 valence electrons. The van der Waals surface area contributed by atoms with Crippen molar-refractivity contribution in [2.45, 2.75) is 12.3 Å². The molecule has 1 saturated heterocycles. The van der Waals surface area contributed by atoms with Crippen molar-refractivity contribution in [1.82, 2.24) is 0 Å². The van der Waals surface area contributed by atoms with Gasteiger partial charge in [0.05, 0.1) is 24.8 Å². The van der Waals surface area contributed by atoms with E-state index >= 15 is 0 Å². The summed E-state index contributed by atoms with van der Waals surface area (Å²) < 4.78 is 5.41. The Morgan fingerprint density at radius 2 is 1.93 bits per heavy atom. The fraction of sp³-hybridized carbons (Fsp3) is 0.304. The third kappa shape index (κ3) is 3.77. The van der Waals surface area contributed by atoms with Crippen molar-refractivity contribution in [3.8, 4) is 0 Å². The Labute approximate surface area is 178 Å². The zero-order chi connectivity index (χ0) is 21.1. The van der Waals surface area contributed by atoms with Gasteiger partial charge in [-0.1, -0.05) is 42.5 Å². The fourth-order valence-corrected chi connectivity index (χ4v) is 5.22. The zero-order valence-electron chi connectivity index (χ0n) is 16.4. The molecule has 0 bridgehead atoms. The number of carbonyl (C=O) groups is 1. The number of aliphatic hydroxyl groups is 1. The van der Waals surface area contributed by atoms with Crippen molar-refractivity contribution in [3.63, 3.8) is 0 Å². The Bertz CT molecular complexity index is 1110. The lowest BCUT2D eigenvalue weighted by Crippen LogP contribution is -2.35. The van der Waals surface area contributed by atoms with Crippen molar-refractivity contribution in [1.29, 1.82) is 0 Å². The van der Waals surface area contributed by atoms with Gasteiger partial charge in [-0.05, 0) is 28.3 Å². The molecule has 2 heterocycles. The quantitative estimate of drug-likeness (QED) is 0.572. The van der Waals surface area contributed by atoms with Crippen LogP contribution in [0.3, 0.4) is 0 Å². The number of rotatable bonds is 6. The number of ether oxygens (including phenoxy) is 1. The molecule has 0 spiro atoms. The van der Waals surface area contributed by atoms with Crippen molar-refractivity contribution < 1.29 is 19.7 Å². The number of thiophene rings is 1. The van der Waals surface area contributed by atoms with Crippen LogP contribution in [-0.4, -0.2) is 49.1 Å². The first-order valence-electron chi connectivity index (χ1n) is 9.83. The molecule has 4 rings (SSSR count). The molecule has 30 heavy (non-hydrogen) atoms. The van der Waals surface area contributed by atoms with Gasteiger partial charge >= 0.3 is 5.97 Å². The van der Waals surface area contributed by atoms with Gasteiger partial charge in [0.2, 0.25) is 5.69 Å². The van der Waals surface area contributed by atoms with Crippen LogP contribution in [0, 0.1) is 6.57 Å². The van der Waals surface area contributed by atoms with E-state index in [4.69, 9.17) is 11.3 Å². The molecule has 0 amide bonds. The molecule has 1 fully saturated rings. The van der Waals surface area contributed by atoms with Gasteiger partial charge in [0.25, 0.3) is 0 Å². The first kappa shape index (κ1) is 20.4. The average Bonchev–Trinajstić information content (AvgIpc) is 3.17. The van der Waals surface area contributed by atoms with Crippen molar-refractivity contribution in [2.75, 3.05) is 37.8 Å². The highest BCUT2D eigenvalue weighted by Gasteiger charge is 2.31. The molecular weight excluding hydrogens is 400 g/mol. The Morgan fingerprint density at radius 1 is 1.20 bits per heavy atom. The lowest BCUT2D eigenvalue weighted by Gasteiger charge is -2.28. The molecule has 3 aromatic rings. The van der Waals surface area contributed by atoms with E-state index in [-0.39, 0.29) is 17.4 Å². The SMILES string of the molecule is [C-]#[N+]c1c(N2CCOCC2)sc(C(=O)O)c1C(CCO)c1ccc2ccccc2c1. The van der Waals surface area contributed by atoms with E-state index < -0.39 is 5.97 Å². The number of hydrogen-bond acceptors (Lipinski definition) is 5. The van der Waals surface area contributed by atoms with E-state index in [9.17, 15) is 15.0 Å². The van der Waals surface area contributed by atoms with Gasteiger partial charge in [-0.15, -0.1) is 11.3 Å². The van der Waals surface area contributed by atoms with Crippen LogP contribution in [0.2, 0.25) is 0 Å². The summed E-state index contributed by atoms with van der Waals surface area (Å²) in [6.45, 7) is 10.1. The molecule has 2 aromatic carbocycles. The molecule has 1 atom stereocenters. The largest absolute Gasteiger partial charge is 0.477 e. The Kier molecular flexibility index (Phi) is 6.00. The standard InChI is InChI=1S/C23H22N2O4S/c1-24-20-19(21(23(27)28)30-22(20)25-9-12-29-13-10-25)18(8-11-26)17-7-6-15-4-2-3-5-16(15)14-17/h2-7,14,18,26H,8-13H2,(H,27,28). The molecule has 1 aromatic heterocycles. The number of hydrogen-bond donors (Lipinski definition) is 2. The van der Waals surface area contributed by atoms with Gasteiger partial charge in [0, 0.05) is 25.6 Å². The molecule has 0 aliphatic carbocycles. The number of carboxylic acid groups (broad SMARTS) is 1. The van der Waals surface area contributed by atoms with Gasteiger partial charge in [-0.25, -0.2) is 9.64 Å². The lowest BCUT2D eigenvalue weighted by atomic mass is 9.86. The number of carboxylic acids is 1. The highest BCUT2D eigenvalue weighted by atomic mass is 32.1. The minimum atomic E-state index is -1.04. The fourth-order valence-electron chi connectivity index (χ4n) is 4.02. The number of nitrogens with zero attached hydrogens (tertiary/aromatic N) is 2. The maximum absolute atomic E-state index is 12.1. The van der Waals surface area contributed by atoms with E-state index in [1.54, 1.807) is 0 Å². The van der Waals surface area contributed by atoms with Crippen molar-refractivity contribution in [2.24, 2.45) is 0 Å². The lowest BCUT2D eigenvalue weighted by molar-refractivity contribution is 0.0700. The second-order valence-corrected chi connectivity index (χ2v) is 8.19. The topological polar surface area (TPSA) is 74.4 Å². The van der Waals surface area contributed by atoms with Crippen LogP contribution < -0.4 is 4.90 Å². The number of benzene rings is 2. The van der Waals surface area contributed by atoms with E-state index in [1.165, 1.54) is 0 Å². The predicted molar refractivity (Wildman–Crippen MR) is 118 cm³/mol. The number of aromatic carboxylic acids is 1. The maximum atomic E-state index is 12.1. The van der Waals surface area contributed by atoms with E-state index in [1.807, 2.05) is 47.4 Å². The second kappa shape index (κ2) is 8.84. The second-order valence-electron chi connectivity index (χ2n) is 7.19. The van der Waals surface area contributed by atoms with E-state index in [0.717, 1.165) is 27.7 Å². The third-order valence-electron chi connectivity index (χ3n) is 5.45. The Balaban J connectivity index is 1.88. The molecular formula is C23H22N2O4S. The normalized spacial score (nSPS) is 15.1. The van der Waals surface area contributed by atoms with Gasteiger partial charge in [-0.2, -0.15) is 0 Å². The minimum absolute atomic E-state index is 0.100. The molecule has 1 aliphatic heterocycles. The van der Waals surface area contributed by atoms with Crippen LogP contribution in [0.4, 0.5) is 10.7 Å². The minimum Gasteiger partial charge on any atom is -0.477 e. The number of fused-ring (bicyclic) bond motifs is 1. The summed E-state index contributed by atoms with van der Waals surface area (Å²) in [4.78, 5) is 18.1.